The number of carbonyl (C=O) groups excluding carboxylic acids is 1. The van der Waals surface area contributed by atoms with E-state index in [4.69, 9.17) is 0 Å². The van der Waals surface area contributed by atoms with E-state index in [0.717, 1.165) is 0 Å². The molecule has 1 aliphatic heterocycles. The molecule has 13 heavy (non-hydrogen) atoms. The van der Waals surface area contributed by atoms with Gasteiger partial charge in [0.2, 0.25) is 5.91 Å². The zero-order chi connectivity index (χ0) is 10.0. The topological polar surface area (TPSA) is 20.3 Å². The smallest absolute Gasteiger partial charge is 0.258 e. The predicted molar refractivity (Wildman–Crippen MR) is 45.6 cm³/mol. The highest BCUT2D eigenvalue weighted by Gasteiger charge is 2.35. The van der Waals surface area contributed by atoms with E-state index in [9.17, 15) is 13.6 Å². The summed E-state index contributed by atoms with van der Waals surface area (Å²) in [7, 11) is 0. The number of hydrogen-bond donors (Lipinski definition) is 0. The fourth-order valence-electron chi connectivity index (χ4n) is 1.66. The maximum Gasteiger partial charge on any atom is 0.258 e. The average Bonchev–Trinajstić information content (AvgIpc) is 2.50. The third kappa shape index (κ3) is 2.17. The van der Waals surface area contributed by atoms with Crippen molar-refractivity contribution in [2.45, 2.75) is 39.2 Å². The summed E-state index contributed by atoms with van der Waals surface area (Å²) in [5.74, 6) is -0.331. The second-order valence-electron chi connectivity index (χ2n) is 3.73. The van der Waals surface area contributed by atoms with Gasteiger partial charge in [0.05, 0.1) is 6.04 Å². The number of rotatable bonds is 2. The lowest BCUT2D eigenvalue weighted by atomic mass is 10.1. The molecule has 2 nitrogen and oxygen atoms in total. The lowest BCUT2D eigenvalue weighted by molar-refractivity contribution is -0.138. The zero-order valence-electron chi connectivity index (χ0n) is 7.96. The highest BCUT2D eigenvalue weighted by molar-refractivity contribution is 5.78. The van der Waals surface area contributed by atoms with Crippen molar-refractivity contribution in [3.8, 4) is 0 Å². The molecule has 0 aliphatic carbocycles. The molecule has 0 N–H and O–H groups in total. The molecule has 4 heteroatoms. The summed E-state index contributed by atoms with van der Waals surface area (Å²) in [6.07, 6.45) is -1.26. The van der Waals surface area contributed by atoms with Crippen LogP contribution in [0.2, 0.25) is 0 Å². The first-order chi connectivity index (χ1) is 6.04. The zero-order valence-corrected chi connectivity index (χ0v) is 7.96. The van der Waals surface area contributed by atoms with Crippen LogP contribution in [0.4, 0.5) is 8.78 Å². The highest BCUT2D eigenvalue weighted by Crippen LogP contribution is 2.24. The van der Waals surface area contributed by atoms with Crippen LogP contribution in [0.15, 0.2) is 0 Å². The molecule has 1 fully saturated rings. The molecule has 0 saturated carbocycles. The van der Waals surface area contributed by atoms with Crippen LogP contribution in [-0.4, -0.2) is 29.8 Å². The fourth-order valence-corrected chi connectivity index (χ4v) is 1.66. The highest BCUT2D eigenvalue weighted by atomic mass is 19.3. The number of nitrogens with zero attached hydrogens (tertiary/aromatic N) is 1. The quantitative estimate of drug-likeness (QED) is 0.652. The van der Waals surface area contributed by atoms with E-state index in [1.165, 1.54) is 4.90 Å². The van der Waals surface area contributed by atoms with Gasteiger partial charge >= 0.3 is 0 Å². The minimum Gasteiger partial charge on any atom is -0.334 e. The minimum atomic E-state index is -2.40. The Morgan fingerprint density at radius 2 is 2.08 bits per heavy atom. The van der Waals surface area contributed by atoms with Crippen molar-refractivity contribution in [1.29, 1.82) is 0 Å². The number of likely N-dealkylation sites (tertiary alicyclic amines) is 1. The predicted octanol–water partition coefficient (Wildman–Crippen LogP) is 1.90. The number of halogens is 2. The van der Waals surface area contributed by atoms with Gasteiger partial charge in [-0.1, -0.05) is 13.8 Å². The maximum absolute atomic E-state index is 12.4. The molecule has 0 spiro atoms. The molecule has 1 amide bonds. The van der Waals surface area contributed by atoms with Crippen LogP contribution >= 0.6 is 0 Å². The van der Waals surface area contributed by atoms with E-state index in [0.29, 0.717) is 19.4 Å². The van der Waals surface area contributed by atoms with Crippen molar-refractivity contribution in [1.82, 2.24) is 4.90 Å². The van der Waals surface area contributed by atoms with Gasteiger partial charge in [-0.05, 0) is 12.8 Å². The Balaban J connectivity index is 2.63. The molecule has 1 atom stereocenters. The summed E-state index contributed by atoms with van der Waals surface area (Å²) in [5, 5.41) is 0. The lowest BCUT2D eigenvalue weighted by Gasteiger charge is -2.25. The van der Waals surface area contributed by atoms with Crippen LogP contribution in [-0.2, 0) is 4.79 Å². The first-order valence-corrected chi connectivity index (χ1v) is 4.62. The summed E-state index contributed by atoms with van der Waals surface area (Å²) in [4.78, 5) is 12.8. The van der Waals surface area contributed by atoms with E-state index in [1.807, 2.05) is 0 Å². The number of alkyl halides is 2. The van der Waals surface area contributed by atoms with E-state index in [-0.39, 0.29) is 11.8 Å². The van der Waals surface area contributed by atoms with Crippen LogP contribution in [0.3, 0.4) is 0 Å². The Labute approximate surface area is 76.9 Å². The van der Waals surface area contributed by atoms with E-state index < -0.39 is 12.5 Å². The third-order valence-corrected chi connectivity index (χ3v) is 2.37. The molecule has 0 aromatic carbocycles. The van der Waals surface area contributed by atoms with Gasteiger partial charge in [0.15, 0.2) is 0 Å². The molecule has 1 saturated heterocycles. The number of hydrogen-bond acceptors (Lipinski definition) is 1. The summed E-state index contributed by atoms with van der Waals surface area (Å²) in [5.41, 5.74) is 0. The maximum atomic E-state index is 12.4. The minimum absolute atomic E-state index is 0.150. The van der Waals surface area contributed by atoms with Gasteiger partial charge < -0.3 is 4.90 Å². The van der Waals surface area contributed by atoms with Crippen LogP contribution < -0.4 is 0 Å². The molecule has 1 aliphatic rings. The molecular weight excluding hydrogens is 176 g/mol. The second kappa shape index (κ2) is 4.03. The summed E-state index contributed by atoms with van der Waals surface area (Å²) in [6, 6.07) is -0.838. The van der Waals surface area contributed by atoms with Gasteiger partial charge in [-0.25, -0.2) is 8.78 Å². The van der Waals surface area contributed by atoms with Crippen molar-refractivity contribution >= 4 is 5.91 Å². The first kappa shape index (κ1) is 10.4. The van der Waals surface area contributed by atoms with E-state index in [2.05, 4.69) is 0 Å². The van der Waals surface area contributed by atoms with Gasteiger partial charge in [-0.2, -0.15) is 0 Å². The fraction of sp³-hybridized carbons (Fsp3) is 0.889. The molecule has 1 heterocycles. The van der Waals surface area contributed by atoms with Gasteiger partial charge in [0.1, 0.15) is 0 Å². The Kier molecular flexibility index (Phi) is 3.22. The third-order valence-electron chi connectivity index (χ3n) is 2.37. The Hall–Kier alpha value is -0.670. The molecule has 0 bridgehead atoms. The lowest BCUT2D eigenvalue weighted by Crippen LogP contribution is -2.41. The SMILES string of the molecule is CC(C)C(=O)N1CCCC1C(F)F. The molecular formula is C9H15F2NO. The average molecular weight is 191 g/mol. The Morgan fingerprint density at radius 1 is 1.46 bits per heavy atom. The monoisotopic (exact) mass is 191 g/mol. The van der Waals surface area contributed by atoms with Crippen molar-refractivity contribution in [2.75, 3.05) is 6.54 Å². The summed E-state index contributed by atoms with van der Waals surface area (Å²) in [6.45, 7) is 3.97. The van der Waals surface area contributed by atoms with E-state index in [1.54, 1.807) is 13.8 Å². The normalized spacial score (nSPS) is 23.2. The van der Waals surface area contributed by atoms with Crippen LogP contribution in [0.5, 0.6) is 0 Å². The summed E-state index contributed by atoms with van der Waals surface area (Å²) >= 11 is 0. The molecule has 1 unspecified atom stereocenters. The van der Waals surface area contributed by atoms with Gasteiger partial charge in [-0.15, -0.1) is 0 Å². The van der Waals surface area contributed by atoms with Gasteiger partial charge in [0, 0.05) is 12.5 Å². The number of amides is 1. The molecule has 1 rings (SSSR count). The summed E-state index contributed by atoms with van der Waals surface area (Å²) < 4.78 is 24.8. The van der Waals surface area contributed by atoms with E-state index >= 15 is 0 Å². The Morgan fingerprint density at radius 3 is 2.54 bits per heavy atom. The number of carbonyl (C=O) groups is 1. The molecule has 0 aromatic rings. The Bertz CT molecular complexity index is 194. The largest absolute Gasteiger partial charge is 0.334 e. The van der Waals surface area contributed by atoms with Crippen molar-refractivity contribution in [3.05, 3.63) is 0 Å². The van der Waals surface area contributed by atoms with Gasteiger partial charge in [0.25, 0.3) is 6.43 Å². The van der Waals surface area contributed by atoms with Crippen molar-refractivity contribution < 1.29 is 13.6 Å². The second-order valence-corrected chi connectivity index (χ2v) is 3.73. The van der Waals surface area contributed by atoms with Crippen LogP contribution in [0, 0.1) is 5.92 Å². The van der Waals surface area contributed by atoms with Crippen molar-refractivity contribution in [2.24, 2.45) is 5.92 Å². The van der Waals surface area contributed by atoms with Crippen LogP contribution in [0.1, 0.15) is 26.7 Å². The molecule has 0 radical (unpaired) electrons. The van der Waals surface area contributed by atoms with Crippen molar-refractivity contribution in [3.63, 3.8) is 0 Å². The molecule has 0 aromatic heterocycles. The van der Waals surface area contributed by atoms with Crippen LogP contribution in [0.25, 0.3) is 0 Å². The standard InChI is InChI=1S/C9H15F2NO/c1-6(2)9(13)12-5-3-4-7(12)8(10)11/h6-8H,3-5H2,1-2H3. The molecule has 76 valence electrons. The van der Waals surface area contributed by atoms with Gasteiger partial charge in [-0.3, -0.25) is 4.79 Å². The first-order valence-electron chi connectivity index (χ1n) is 4.62.